The number of nitrogens with zero attached hydrogens (tertiary/aromatic N) is 3. The fourth-order valence-electron chi connectivity index (χ4n) is 3.76. The molecule has 6 nitrogen and oxygen atoms in total. The van der Waals surface area contributed by atoms with Gasteiger partial charge in [-0.05, 0) is 42.2 Å². The van der Waals surface area contributed by atoms with Crippen LogP contribution in [-0.2, 0) is 11.2 Å². The average molecular weight is 420 g/mol. The molecule has 150 valence electrons. The summed E-state index contributed by atoms with van der Waals surface area (Å²) in [7, 11) is 0. The molecule has 0 aliphatic carbocycles. The Morgan fingerprint density at radius 2 is 1.93 bits per heavy atom. The predicted molar refractivity (Wildman–Crippen MR) is 111 cm³/mol. The molecule has 4 heterocycles. The summed E-state index contributed by atoms with van der Waals surface area (Å²) in [6.45, 7) is 4.79. The van der Waals surface area contributed by atoms with Crippen molar-refractivity contribution in [2.45, 2.75) is 32.1 Å². The minimum absolute atomic E-state index is 0.0174. The van der Waals surface area contributed by atoms with E-state index in [9.17, 15) is 9.59 Å². The van der Waals surface area contributed by atoms with Crippen LogP contribution < -0.4 is 0 Å². The number of piperidine rings is 1. The first kappa shape index (κ1) is 19.5. The Bertz CT molecular complexity index is 820. The standard InChI is InChI=1S/C20H25N3O3S2/c1-14-18(20(25)23-7-10-27-11-8-23)21-19(26-14)16-2-5-22(6-3-16)17(24)12-15-4-9-28-13-15/h4,9,13,16H,2-3,5-8,10-12H2,1H3. The molecule has 0 N–H and O–H groups in total. The van der Waals surface area contributed by atoms with Crippen LogP contribution in [0.15, 0.2) is 21.2 Å². The van der Waals surface area contributed by atoms with Crippen molar-refractivity contribution in [2.75, 3.05) is 37.7 Å². The van der Waals surface area contributed by atoms with Gasteiger partial charge in [0.05, 0.1) is 6.42 Å². The van der Waals surface area contributed by atoms with Crippen molar-refractivity contribution in [3.63, 3.8) is 0 Å². The van der Waals surface area contributed by atoms with Crippen LogP contribution in [0.25, 0.3) is 0 Å². The molecule has 2 fully saturated rings. The zero-order valence-corrected chi connectivity index (χ0v) is 17.7. The lowest BCUT2D eigenvalue weighted by Crippen LogP contribution is -2.39. The van der Waals surface area contributed by atoms with Crippen molar-refractivity contribution in [3.8, 4) is 0 Å². The number of carbonyl (C=O) groups is 2. The highest BCUT2D eigenvalue weighted by molar-refractivity contribution is 7.99. The molecule has 0 radical (unpaired) electrons. The van der Waals surface area contributed by atoms with Gasteiger partial charge < -0.3 is 14.2 Å². The summed E-state index contributed by atoms with van der Waals surface area (Å²) in [6.07, 6.45) is 2.12. The number of aryl methyl sites for hydroxylation is 1. The minimum atomic E-state index is -0.0174. The van der Waals surface area contributed by atoms with E-state index in [0.717, 1.165) is 43.0 Å². The van der Waals surface area contributed by atoms with Crippen LogP contribution in [0.5, 0.6) is 0 Å². The maximum atomic E-state index is 12.8. The van der Waals surface area contributed by atoms with Crippen molar-refractivity contribution >= 4 is 34.9 Å². The Kier molecular flexibility index (Phi) is 6.06. The molecule has 0 unspecified atom stereocenters. The predicted octanol–water partition coefficient (Wildman–Crippen LogP) is 3.18. The van der Waals surface area contributed by atoms with Crippen LogP contribution in [-0.4, -0.2) is 64.3 Å². The third kappa shape index (κ3) is 4.27. The van der Waals surface area contributed by atoms with Crippen LogP contribution in [0.3, 0.4) is 0 Å². The zero-order chi connectivity index (χ0) is 19.5. The first-order valence-electron chi connectivity index (χ1n) is 9.75. The lowest BCUT2D eigenvalue weighted by Gasteiger charge is -2.30. The number of amides is 2. The lowest BCUT2D eigenvalue weighted by molar-refractivity contribution is -0.131. The second kappa shape index (κ2) is 8.69. The van der Waals surface area contributed by atoms with E-state index in [2.05, 4.69) is 4.98 Å². The van der Waals surface area contributed by atoms with Crippen LogP contribution in [0.4, 0.5) is 0 Å². The summed E-state index contributed by atoms with van der Waals surface area (Å²) in [6, 6.07) is 2.00. The highest BCUT2D eigenvalue weighted by atomic mass is 32.2. The average Bonchev–Trinajstić information content (AvgIpc) is 3.38. The number of carbonyl (C=O) groups excluding carboxylic acids is 2. The van der Waals surface area contributed by atoms with E-state index in [1.807, 2.05) is 45.3 Å². The fraction of sp³-hybridized carbons (Fsp3) is 0.550. The van der Waals surface area contributed by atoms with E-state index >= 15 is 0 Å². The lowest BCUT2D eigenvalue weighted by atomic mass is 9.96. The van der Waals surface area contributed by atoms with Gasteiger partial charge in [-0.15, -0.1) is 0 Å². The van der Waals surface area contributed by atoms with Gasteiger partial charge >= 0.3 is 0 Å². The van der Waals surface area contributed by atoms with Gasteiger partial charge in [-0.25, -0.2) is 4.98 Å². The van der Waals surface area contributed by atoms with Crippen LogP contribution >= 0.6 is 23.1 Å². The molecule has 2 aromatic heterocycles. The molecule has 0 bridgehead atoms. The van der Waals surface area contributed by atoms with Crippen molar-refractivity contribution in [1.29, 1.82) is 0 Å². The zero-order valence-electron chi connectivity index (χ0n) is 16.1. The monoisotopic (exact) mass is 419 g/mol. The number of oxazole rings is 1. The normalized spacial score (nSPS) is 18.5. The number of hydrogen-bond acceptors (Lipinski definition) is 6. The van der Waals surface area contributed by atoms with Crippen LogP contribution in [0, 0.1) is 6.92 Å². The Morgan fingerprint density at radius 1 is 1.18 bits per heavy atom. The van der Waals surface area contributed by atoms with Gasteiger partial charge in [0, 0.05) is 43.6 Å². The van der Waals surface area contributed by atoms with Crippen LogP contribution in [0.2, 0.25) is 0 Å². The van der Waals surface area contributed by atoms with Gasteiger partial charge in [0.1, 0.15) is 5.76 Å². The number of thiophene rings is 1. The van der Waals surface area contributed by atoms with E-state index < -0.39 is 0 Å². The first-order valence-corrected chi connectivity index (χ1v) is 11.8. The Labute approximate surface area is 173 Å². The number of aromatic nitrogens is 1. The number of likely N-dealkylation sites (tertiary alicyclic amines) is 1. The quantitative estimate of drug-likeness (QED) is 0.761. The van der Waals surface area contributed by atoms with E-state index in [1.54, 1.807) is 11.3 Å². The third-order valence-corrected chi connectivity index (χ3v) is 7.12. The molecule has 0 atom stereocenters. The van der Waals surface area contributed by atoms with Crippen molar-refractivity contribution < 1.29 is 14.0 Å². The molecule has 2 aromatic rings. The maximum absolute atomic E-state index is 12.8. The molecule has 2 aliphatic rings. The summed E-state index contributed by atoms with van der Waals surface area (Å²) < 4.78 is 5.88. The maximum Gasteiger partial charge on any atom is 0.276 e. The van der Waals surface area contributed by atoms with Gasteiger partial charge in [0.15, 0.2) is 11.6 Å². The Morgan fingerprint density at radius 3 is 2.61 bits per heavy atom. The second-order valence-electron chi connectivity index (χ2n) is 7.32. The summed E-state index contributed by atoms with van der Waals surface area (Å²) in [4.78, 5) is 33.6. The highest BCUT2D eigenvalue weighted by Gasteiger charge is 2.30. The van der Waals surface area contributed by atoms with E-state index in [4.69, 9.17) is 4.42 Å². The van der Waals surface area contributed by atoms with E-state index in [0.29, 0.717) is 36.9 Å². The molecule has 2 saturated heterocycles. The van der Waals surface area contributed by atoms with E-state index in [-0.39, 0.29) is 17.7 Å². The molecule has 0 aromatic carbocycles. The topological polar surface area (TPSA) is 66.7 Å². The second-order valence-corrected chi connectivity index (χ2v) is 9.33. The summed E-state index contributed by atoms with van der Waals surface area (Å²) in [5.41, 5.74) is 1.54. The van der Waals surface area contributed by atoms with Gasteiger partial charge in [-0.1, -0.05) is 0 Å². The number of hydrogen-bond donors (Lipinski definition) is 0. The first-order chi connectivity index (χ1) is 13.6. The smallest absolute Gasteiger partial charge is 0.276 e. The molecular formula is C20H25N3O3S2. The van der Waals surface area contributed by atoms with Gasteiger partial charge in [0.25, 0.3) is 5.91 Å². The molecule has 28 heavy (non-hydrogen) atoms. The van der Waals surface area contributed by atoms with Crippen molar-refractivity contribution in [3.05, 3.63) is 39.7 Å². The molecule has 4 rings (SSSR count). The van der Waals surface area contributed by atoms with Crippen molar-refractivity contribution in [2.24, 2.45) is 0 Å². The van der Waals surface area contributed by atoms with E-state index in [1.165, 1.54) is 0 Å². The summed E-state index contributed by atoms with van der Waals surface area (Å²) in [5, 5.41) is 4.03. The Hall–Kier alpha value is -1.80. The summed E-state index contributed by atoms with van der Waals surface area (Å²) in [5.74, 6) is 3.55. The largest absolute Gasteiger partial charge is 0.445 e. The van der Waals surface area contributed by atoms with Gasteiger partial charge in [-0.3, -0.25) is 9.59 Å². The van der Waals surface area contributed by atoms with Crippen molar-refractivity contribution in [1.82, 2.24) is 14.8 Å². The summed E-state index contributed by atoms with van der Waals surface area (Å²) >= 11 is 3.50. The molecular weight excluding hydrogens is 394 g/mol. The minimum Gasteiger partial charge on any atom is -0.445 e. The molecule has 0 spiro atoms. The molecule has 8 heteroatoms. The Balaban J connectivity index is 1.35. The SMILES string of the molecule is Cc1oc(C2CCN(C(=O)Cc3ccsc3)CC2)nc1C(=O)N1CCSCC1. The number of rotatable bonds is 4. The van der Waals surface area contributed by atoms with Gasteiger partial charge in [0.2, 0.25) is 5.91 Å². The number of thioether (sulfide) groups is 1. The van der Waals surface area contributed by atoms with Crippen LogP contribution in [0.1, 0.15) is 46.5 Å². The fourth-order valence-corrected chi connectivity index (χ4v) is 5.33. The molecule has 2 aliphatic heterocycles. The molecule has 0 saturated carbocycles. The van der Waals surface area contributed by atoms with Gasteiger partial charge in [-0.2, -0.15) is 23.1 Å². The highest BCUT2D eigenvalue weighted by Crippen LogP contribution is 2.29. The third-order valence-electron chi connectivity index (χ3n) is 5.45. The molecule has 2 amide bonds.